The third-order valence-electron chi connectivity index (χ3n) is 3.36. The van der Waals surface area contributed by atoms with E-state index in [1.54, 1.807) is 11.3 Å². The van der Waals surface area contributed by atoms with Gasteiger partial charge >= 0.3 is 0 Å². The Morgan fingerprint density at radius 2 is 2.42 bits per heavy atom. The van der Waals surface area contributed by atoms with Gasteiger partial charge in [-0.15, -0.1) is 11.3 Å². The number of hydrogen-bond donors (Lipinski definition) is 2. The summed E-state index contributed by atoms with van der Waals surface area (Å²) in [6, 6.07) is 4.32. The highest BCUT2D eigenvalue weighted by Crippen LogP contribution is 2.31. The minimum atomic E-state index is -0.523. The number of hydrogen-bond acceptors (Lipinski definition) is 4. The first-order valence-electron chi connectivity index (χ1n) is 6.47. The zero-order chi connectivity index (χ0) is 13.8. The van der Waals surface area contributed by atoms with Gasteiger partial charge in [-0.25, -0.2) is 0 Å². The highest BCUT2D eigenvalue weighted by atomic mass is 32.1. The number of nitrogens with two attached hydrogens (primary N) is 1. The van der Waals surface area contributed by atoms with Gasteiger partial charge in [-0.1, -0.05) is 18.1 Å². The van der Waals surface area contributed by atoms with Crippen LogP contribution in [-0.2, 0) is 11.3 Å². The van der Waals surface area contributed by atoms with Gasteiger partial charge in [0, 0.05) is 10.9 Å². The van der Waals surface area contributed by atoms with Crippen LogP contribution in [0, 0.1) is 5.92 Å². The van der Waals surface area contributed by atoms with E-state index in [4.69, 9.17) is 10.9 Å². The smallest absolute Gasteiger partial charge is 0.233 e. The zero-order valence-electron chi connectivity index (χ0n) is 11.0. The molecule has 0 radical (unpaired) electrons. The van der Waals surface area contributed by atoms with Gasteiger partial charge in [-0.3, -0.25) is 4.79 Å². The van der Waals surface area contributed by atoms with Crippen LogP contribution in [0.15, 0.2) is 22.7 Å². The molecule has 19 heavy (non-hydrogen) atoms. The number of rotatable bonds is 6. The molecular formula is C13H19N3O2S. The molecule has 3 N–H and O–H groups in total. The van der Waals surface area contributed by atoms with Crippen LogP contribution < -0.4 is 5.73 Å². The summed E-state index contributed by atoms with van der Waals surface area (Å²) in [4.78, 5) is 15.6. The Morgan fingerprint density at radius 3 is 2.89 bits per heavy atom. The average molecular weight is 281 g/mol. The predicted molar refractivity (Wildman–Crippen MR) is 75.1 cm³/mol. The molecule has 1 aliphatic rings. The van der Waals surface area contributed by atoms with Gasteiger partial charge in [0.15, 0.2) is 5.84 Å². The van der Waals surface area contributed by atoms with E-state index in [1.165, 1.54) is 0 Å². The Hall–Kier alpha value is -1.56. The summed E-state index contributed by atoms with van der Waals surface area (Å²) in [5.41, 5.74) is 5.62. The van der Waals surface area contributed by atoms with Crippen molar-refractivity contribution >= 4 is 23.1 Å². The van der Waals surface area contributed by atoms with E-state index in [-0.39, 0.29) is 11.7 Å². The Bertz CT molecular complexity index is 454. The molecule has 1 aromatic heterocycles. The Balaban J connectivity index is 2.12. The second-order valence-electron chi connectivity index (χ2n) is 4.76. The van der Waals surface area contributed by atoms with Crippen LogP contribution in [-0.4, -0.2) is 27.9 Å². The molecule has 5 nitrogen and oxygen atoms in total. The van der Waals surface area contributed by atoms with Gasteiger partial charge in [0.25, 0.3) is 0 Å². The molecule has 1 unspecified atom stereocenters. The fraction of sp³-hybridized carbons (Fsp3) is 0.538. The minimum absolute atomic E-state index is 0.00401. The van der Waals surface area contributed by atoms with Crippen molar-refractivity contribution in [3.05, 3.63) is 22.4 Å². The second-order valence-corrected chi connectivity index (χ2v) is 5.79. The first kappa shape index (κ1) is 13.9. The van der Waals surface area contributed by atoms with Gasteiger partial charge in [-0.05, 0) is 30.7 Å². The van der Waals surface area contributed by atoms with E-state index in [9.17, 15) is 4.79 Å². The van der Waals surface area contributed by atoms with Crippen LogP contribution in [0.1, 0.15) is 31.1 Å². The lowest BCUT2D eigenvalue weighted by Crippen LogP contribution is -2.42. The van der Waals surface area contributed by atoms with Crippen molar-refractivity contribution in [1.29, 1.82) is 0 Å². The molecule has 1 saturated carbocycles. The van der Waals surface area contributed by atoms with Crippen LogP contribution in [0.4, 0.5) is 0 Å². The zero-order valence-corrected chi connectivity index (χ0v) is 11.8. The van der Waals surface area contributed by atoms with E-state index in [0.717, 1.165) is 17.7 Å². The summed E-state index contributed by atoms with van der Waals surface area (Å²) in [7, 11) is 0. The first-order valence-corrected chi connectivity index (χ1v) is 7.35. The molecule has 1 heterocycles. The fourth-order valence-electron chi connectivity index (χ4n) is 2.12. The molecule has 0 saturated heterocycles. The summed E-state index contributed by atoms with van der Waals surface area (Å²) in [6.07, 6.45) is 2.63. The molecule has 1 fully saturated rings. The minimum Gasteiger partial charge on any atom is -0.409 e. The topological polar surface area (TPSA) is 78.9 Å². The maximum atomic E-state index is 12.5. The van der Waals surface area contributed by atoms with Crippen LogP contribution >= 0.6 is 11.3 Å². The molecule has 2 rings (SSSR count). The average Bonchev–Trinajstić information content (AvgIpc) is 3.13. The monoisotopic (exact) mass is 281 g/mol. The Labute approximate surface area is 116 Å². The van der Waals surface area contributed by atoms with Gasteiger partial charge in [0.2, 0.25) is 5.91 Å². The molecule has 0 spiro atoms. The number of thiophene rings is 1. The van der Waals surface area contributed by atoms with E-state index >= 15 is 0 Å². The molecule has 1 atom stereocenters. The summed E-state index contributed by atoms with van der Waals surface area (Å²) >= 11 is 1.64. The van der Waals surface area contributed by atoms with Crippen molar-refractivity contribution in [2.75, 3.05) is 0 Å². The van der Waals surface area contributed by atoms with E-state index < -0.39 is 5.92 Å². The lowest BCUT2D eigenvalue weighted by atomic mass is 10.0. The van der Waals surface area contributed by atoms with E-state index in [1.807, 2.05) is 29.3 Å². The van der Waals surface area contributed by atoms with Crippen molar-refractivity contribution in [2.24, 2.45) is 16.8 Å². The number of amides is 1. The summed E-state index contributed by atoms with van der Waals surface area (Å²) in [5.74, 6) is -0.552. The maximum Gasteiger partial charge on any atom is 0.233 e. The lowest BCUT2D eigenvalue weighted by Gasteiger charge is -2.26. The molecule has 1 aromatic rings. The molecule has 104 valence electrons. The third kappa shape index (κ3) is 3.26. The summed E-state index contributed by atoms with van der Waals surface area (Å²) in [6.45, 7) is 2.49. The molecular weight excluding hydrogens is 262 g/mol. The summed E-state index contributed by atoms with van der Waals surface area (Å²) in [5, 5.41) is 13.8. The lowest BCUT2D eigenvalue weighted by molar-refractivity contribution is -0.134. The van der Waals surface area contributed by atoms with Crippen molar-refractivity contribution < 1.29 is 10.0 Å². The first-order chi connectivity index (χ1) is 9.17. The van der Waals surface area contributed by atoms with Crippen molar-refractivity contribution in [3.63, 3.8) is 0 Å². The van der Waals surface area contributed by atoms with Crippen LogP contribution in [0.5, 0.6) is 0 Å². The maximum absolute atomic E-state index is 12.5. The number of oxime groups is 1. The van der Waals surface area contributed by atoms with Gasteiger partial charge in [0.1, 0.15) is 0 Å². The van der Waals surface area contributed by atoms with Crippen molar-refractivity contribution in [3.8, 4) is 0 Å². The molecule has 0 bridgehead atoms. The van der Waals surface area contributed by atoms with Crippen molar-refractivity contribution in [2.45, 2.75) is 38.8 Å². The van der Waals surface area contributed by atoms with Crippen LogP contribution in [0.2, 0.25) is 0 Å². The molecule has 6 heteroatoms. The number of nitrogens with zero attached hydrogens (tertiary/aromatic N) is 2. The quantitative estimate of drug-likeness (QED) is 0.362. The van der Waals surface area contributed by atoms with E-state index in [0.29, 0.717) is 19.0 Å². The third-order valence-corrected chi connectivity index (χ3v) is 4.22. The standard InChI is InChI=1S/C13H19N3O2S/c1-2-11(12(14)15-18)13(17)16(9-5-6-9)8-10-4-3-7-19-10/h3-4,7,9,11,18H,2,5-6,8H2,1H3,(H2,14,15). The SMILES string of the molecule is CCC(C(=O)N(Cc1cccs1)C1CC1)C(N)=NO. The summed E-state index contributed by atoms with van der Waals surface area (Å²) < 4.78 is 0. The van der Waals surface area contributed by atoms with Crippen LogP contribution in [0.25, 0.3) is 0 Å². The normalized spacial score (nSPS) is 17.2. The molecule has 0 aliphatic heterocycles. The van der Waals surface area contributed by atoms with Crippen molar-refractivity contribution in [1.82, 2.24) is 4.90 Å². The molecule has 1 amide bonds. The van der Waals surface area contributed by atoms with E-state index in [2.05, 4.69) is 5.16 Å². The Kier molecular flexibility index (Phi) is 4.42. The number of carbonyl (C=O) groups is 1. The van der Waals surface area contributed by atoms with Gasteiger partial charge in [0.05, 0.1) is 12.5 Å². The highest BCUT2D eigenvalue weighted by Gasteiger charge is 2.36. The molecule has 0 aromatic carbocycles. The predicted octanol–water partition coefficient (Wildman–Crippen LogP) is 2.01. The van der Waals surface area contributed by atoms with Gasteiger partial charge in [-0.2, -0.15) is 0 Å². The second kappa shape index (κ2) is 6.06. The van der Waals surface area contributed by atoms with Crippen LogP contribution in [0.3, 0.4) is 0 Å². The number of carbonyl (C=O) groups excluding carboxylic acids is 1. The Morgan fingerprint density at radius 1 is 1.68 bits per heavy atom. The largest absolute Gasteiger partial charge is 0.409 e. The highest BCUT2D eigenvalue weighted by molar-refractivity contribution is 7.09. The number of amidine groups is 1. The van der Waals surface area contributed by atoms with Gasteiger partial charge < -0.3 is 15.8 Å². The molecule has 1 aliphatic carbocycles. The fourth-order valence-corrected chi connectivity index (χ4v) is 2.83.